The van der Waals surface area contributed by atoms with E-state index in [2.05, 4.69) is 189 Å². The Labute approximate surface area is 332 Å². The molecule has 3 aliphatic carbocycles. The maximum Gasteiger partial charge on any atom is 0.0973 e. The van der Waals surface area contributed by atoms with Crippen LogP contribution in [-0.4, -0.2) is 0 Å². The van der Waals surface area contributed by atoms with Crippen LogP contribution in [-0.2, 0) is 5.41 Å². The zero-order valence-corrected chi connectivity index (χ0v) is 32.5. The van der Waals surface area contributed by atoms with Gasteiger partial charge in [0.25, 0.3) is 0 Å². The van der Waals surface area contributed by atoms with Crippen molar-refractivity contribution in [2.45, 2.75) is 70.1 Å². The summed E-state index contributed by atoms with van der Waals surface area (Å²) in [6.07, 6.45) is 15.6. The summed E-state index contributed by atoms with van der Waals surface area (Å²) in [6, 6.07) is 59.4. The third-order valence-corrected chi connectivity index (χ3v) is 12.8. The van der Waals surface area contributed by atoms with Crippen LogP contribution in [0.2, 0.25) is 0 Å². The van der Waals surface area contributed by atoms with Gasteiger partial charge in [-0.05, 0) is 140 Å². The molecular weight excluding hydrogens is 675 g/mol. The smallest absolute Gasteiger partial charge is 0.0973 e. The van der Waals surface area contributed by atoms with Crippen LogP contribution in [0, 0.1) is 12.1 Å². The molecule has 0 aromatic heterocycles. The second kappa shape index (κ2) is 14.2. The van der Waals surface area contributed by atoms with E-state index in [-0.39, 0.29) is 5.41 Å². The van der Waals surface area contributed by atoms with E-state index in [0.717, 1.165) is 35.5 Å². The van der Waals surface area contributed by atoms with Gasteiger partial charge in [0, 0.05) is 22.4 Å². The Balaban J connectivity index is 1.06. The predicted octanol–water partition coefficient (Wildman–Crippen LogP) is 15.3. The molecule has 7 aromatic carbocycles. The van der Waals surface area contributed by atoms with Gasteiger partial charge in [0.2, 0.25) is 0 Å². The van der Waals surface area contributed by atoms with E-state index in [1.807, 2.05) is 0 Å². The fourth-order valence-electron chi connectivity index (χ4n) is 9.79. The number of hydrogen-bond donors (Lipinski definition) is 0. The molecule has 0 saturated heterocycles. The molecule has 0 spiro atoms. The van der Waals surface area contributed by atoms with Gasteiger partial charge in [-0.15, -0.1) is 0 Å². The van der Waals surface area contributed by atoms with Crippen molar-refractivity contribution in [1.29, 1.82) is 0 Å². The molecule has 1 heteroatoms. The Hall–Kier alpha value is -6.10. The summed E-state index contributed by atoms with van der Waals surface area (Å²) in [5.41, 5.74) is 17.5. The number of fused-ring (bicyclic) bond motifs is 4. The quantitative estimate of drug-likeness (QED) is 0.158. The molecule has 0 atom stereocenters. The lowest BCUT2D eigenvalue weighted by atomic mass is 9.82. The van der Waals surface area contributed by atoms with E-state index < -0.39 is 0 Å². The number of nitrogens with zero attached hydrogens (tertiary/aromatic N) is 1. The van der Waals surface area contributed by atoms with Crippen LogP contribution in [0.15, 0.2) is 158 Å². The molecule has 1 saturated carbocycles. The molecule has 1 fully saturated rings. The molecular formula is C55H47N. The van der Waals surface area contributed by atoms with E-state index >= 15 is 0 Å². The Bertz CT molecular complexity index is 2620. The van der Waals surface area contributed by atoms with Crippen LogP contribution in [0.3, 0.4) is 0 Å². The van der Waals surface area contributed by atoms with Gasteiger partial charge >= 0.3 is 0 Å². The standard InChI is InChI=1S/C55H47N/c1-55(2)52-25-10-9-22-50(52)51-35-34-47(37-53(51)55)56(45-30-26-39(27-31-45)44-21-11-20-43(36-44)38-14-5-3-6-15-38)46-32-28-41(29-33-46)49-24-13-19-42-18-12-23-48(54(42)49)40-16-7-4-8-17-40/h4,7,9-13,16,18-28,30-32,34-38H,3,5-6,8,14-15,17H2,1-2H3. The number of benzene rings is 6. The maximum absolute atomic E-state index is 3.67. The SMILES string of the molecule is CC1(C)c2ccccc2-c2ccc(N(c3c#cc(-c4cccc5cccc(C6=CC=CCC6)c45)cc3)c3ccc(-c4cccc(C5CCCCC5)c4)cc3)cc21. The highest BCUT2D eigenvalue weighted by Crippen LogP contribution is 2.50. The predicted molar refractivity (Wildman–Crippen MR) is 237 cm³/mol. The molecule has 56 heavy (non-hydrogen) atoms. The molecule has 0 unspecified atom stereocenters. The molecule has 0 amide bonds. The molecule has 3 aliphatic rings. The van der Waals surface area contributed by atoms with Gasteiger partial charge in [-0.3, -0.25) is 0 Å². The summed E-state index contributed by atoms with van der Waals surface area (Å²) in [4.78, 5) is 2.36. The van der Waals surface area contributed by atoms with Crippen LogP contribution in [0.25, 0.3) is 49.7 Å². The van der Waals surface area contributed by atoms with Crippen molar-refractivity contribution in [3.05, 3.63) is 192 Å². The Morgan fingerprint density at radius 2 is 1.34 bits per heavy atom. The summed E-state index contributed by atoms with van der Waals surface area (Å²) >= 11 is 0. The Morgan fingerprint density at radius 1 is 0.589 bits per heavy atom. The normalized spacial score (nSPS) is 15.9. The first-order valence-corrected chi connectivity index (χ1v) is 20.6. The van der Waals surface area contributed by atoms with Crippen molar-refractivity contribution in [2.75, 3.05) is 4.90 Å². The van der Waals surface area contributed by atoms with E-state index in [1.165, 1.54) is 98.5 Å². The van der Waals surface area contributed by atoms with Crippen LogP contribution in [0.5, 0.6) is 0 Å². The largest absolute Gasteiger partial charge is 0.303 e. The lowest BCUT2D eigenvalue weighted by Crippen LogP contribution is -2.16. The van der Waals surface area contributed by atoms with Crippen molar-refractivity contribution in [1.82, 2.24) is 0 Å². The van der Waals surface area contributed by atoms with Crippen molar-refractivity contribution < 1.29 is 0 Å². The third-order valence-electron chi connectivity index (χ3n) is 12.8. The zero-order valence-electron chi connectivity index (χ0n) is 32.5. The van der Waals surface area contributed by atoms with E-state index in [4.69, 9.17) is 0 Å². The number of anilines is 3. The number of hydrogen-bond acceptors (Lipinski definition) is 1. The highest BCUT2D eigenvalue weighted by molar-refractivity contribution is 6.04. The number of rotatable bonds is 7. The van der Waals surface area contributed by atoms with Crippen LogP contribution in [0.1, 0.15) is 87.0 Å². The average Bonchev–Trinajstić information content (AvgIpc) is 3.50. The lowest BCUT2D eigenvalue weighted by Gasteiger charge is -2.27. The van der Waals surface area contributed by atoms with Crippen molar-refractivity contribution >= 4 is 33.4 Å². The molecule has 272 valence electrons. The summed E-state index contributed by atoms with van der Waals surface area (Å²) in [6.45, 7) is 4.71. The molecule has 0 radical (unpaired) electrons. The third kappa shape index (κ3) is 6.06. The Morgan fingerprint density at radius 3 is 2.12 bits per heavy atom. The van der Waals surface area contributed by atoms with Gasteiger partial charge in [-0.2, -0.15) is 0 Å². The van der Waals surface area contributed by atoms with Crippen molar-refractivity contribution in [3.8, 4) is 33.4 Å². The first-order chi connectivity index (χ1) is 27.5. The fraction of sp³-hybridized carbons (Fsp3) is 0.200. The molecule has 1 nitrogen and oxygen atoms in total. The monoisotopic (exact) mass is 721 g/mol. The maximum atomic E-state index is 3.67. The van der Waals surface area contributed by atoms with Gasteiger partial charge in [0.1, 0.15) is 0 Å². The van der Waals surface area contributed by atoms with Crippen molar-refractivity contribution in [3.63, 3.8) is 0 Å². The van der Waals surface area contributed by atoms with E-state index in [1.54, 1.807) is 0 Å². The fourth-order valence-corrected chi connectivity index (χ4v) is 9.79. The highest BCUT2D eigenvalue weighted by Gasteiger charge is 2.35. The Kier molecular flexibility index (Phi) is 8.72. The lowest BCUT2D eigenvalue weighted by molar-refractivity contribution is 0.444. The first kappa shape index (κ1) is 34.4. The summed E-state index contributed by atoms with van der Waals surface area (Å²) in [5.74, 6) is 0.686. The second-order valence-electron chi connectivity index (χ2n) is 16.5. The van der Waals surface area contributed by atoms with E-state index in [0.29, 0.717) is 5.92 Å². The topological polar surface area (TPSA) is 3.24 Å². The minimum atomic E-state index is -0.101. The van der Waals surface area contributed by atoms with E-state index in [9.17, 15) is 0 Å². The molecule has 0 heterocycles. The molecule has 0 bridgehead atoms. The first-order valence-electron chi connectivity index (χ1n) is 20.6. The van der Waals surface area contributed by atoms with Gasteiger partial charge in [-0.1, -0.05) is 161 Å². The molecule has 0 N–H and O–H groups in total. The van der Waals surface area contributed by atoms with Crippen LogP contribution >= 0.6 is 0 Å². The minimum absolute atomic E-state index is 0.101. The summed E-state index contributed by atoms with van der Waals surface area (Å²) in [5, 5.41) is 2.54. The molecule has 0 aliphatic heterocycles. The number of allylic oxidation sites excluding steroid dienone is 4. The molecule has 10 rings (SSSR count). The minimum Gasteiger partial charge on any atom is -0.303 e. The summed E-state index contributed by atoms with van der Waals surface area (Å²) in [7, 11) is 0. The zero-order chi connectivity index (χ0) is 37.6. The van der Waals surface area contributed by atoms with Gasteiger partial charge < -0.3 is 4.90 Å². The summed E-state index contributed by atoms with van der Waals surface area (Å²) < 4.78 is 0. The second-order valence-corrected chi connectivity index (χ2v) is 16.5. The molecule has 7 aromatic rings. The van der Waals surface area contributed by atoms with Crippen molar-refractivity contribution in [2.24, 2.45) is 0 Å². The average molecular weight is 722 g/mol. The van der Waals surface area contributed by atoms with Crippen LogP contribution < -0.4 is 4.90 Å². The van der Waals surface area contributed by atoms with Gasteiger partial charge in [-0.25, -0.2) is 0 Å². The van der Waals surface area contributed by atoms with Crippen LogP contribution in [0.4, 0.5) is 17.1 Å². The van der Waals surface area contributed by atoms with Gasteiger partial charge in [0.15, 0.2) is 0 Å². The highest BCUT2D eigenvalue weighted by atomic mass is 15.1. The van der Waals surface area contributed by atoms with Gasteiger partial charge in [0.05, 0.1) is 5.69 Å².